The van der Waals surface area contributed by atoms with E-state index in [0.717, 1.165) is 12.1 Å². The number of rotatable bonds is 20. The van der Waals surface area contributed by atoms with Gasteiger partial charge in [-0.2, -0.15) is 10.2 Å². The third-order valence-corrected chi connectivity index (χ3v) is 15.8. The molecule has 6 aromatic heterocycles. The minimum Gasteiger partial charge on any atom is -0.394 e. The lowest BCUT2D eigenvalue weighted by molar-refractivity contribution is 0.0754. The Kier molecular flexibility index (Phi) is 17.2. The zero-order valence-electron chi connectivity index (χ0n) is 43.4. The highest BCUT2D eigenvalue weighted by Crippen LogP contribution is 2.31. The first kappa shape index (κ1) is 55.4. The van der Waals surface area contributed by atoms with Crippen LogP contribution in [0.25, 0.3) is 66.9 Å². The molecule has 0 saturated carbocycles. The van der Waals surface area contributed by atoms with Crippen molar-refractivity contribution < 1.29 is 48.3 Å². The van der Waals surface area contributed by atoms with E-state index in [9.17, 15) is 38.8 Å². The van der Waals surface area contributed by atoms with E-state index in [2.05, 4.69) is 70.1 Å². The fraction of sp³-hybridized carbons (Fsp3) is 0.440. The molecular formula is C50H66F2N12O8Si2. The zero-order chi connectivity index (χ0) is 53.8. The lowest BCUT2D eigenvalue weighted by Gasteiger charge is -2.18. The molecule has 8 rings (SSSR count). The highest BCUT2D eigenvalue weighted by molar-refractivity contribution is 6.76. The van der Waals surface area contributed by atoms with Gasteiger partial charge in [-0.3, -0.25) is 19.0 Å². The molecular weight excluding hydrogens is 991 g/mol. The highest BCUT2D eigenvalue weighted by atomic mass is 28.3. The van der Waals surface area contributed by atoms with Crippen LogP contribution in [0.2, 0.25) is 51.4 Å². The molecule has 0 fully saturated rings. The van der Waals surface area contributed by atoms with Crippen LogP contribution in [0.15, 0.2) is 61.2 Å². The number of carbonyl (C=O) groups is 2. The predicted molar refractivity (Wildman–Crippen MR) is 283 cm³/mol. The van der Waals surface area contributed by atoms with Crippen LogP contribution in [0, 0.1) is 11.6 Å². The van der Waals surface area contributed by atoms with Crippen LogP contribution in [0.1, 0.15) is 34.6 Å². The second-order valence-electron chi connectivity index (χ2n) is 20.8. The van der Waals surface area contributed by atoms with Gasteiger partial charge in [-0.05, 0) is 62.3 Å². The van der Waals surface area contributed by atoms with Crippen molar-refractivity contribution in [3.05, 3.63) is 83.9 Å². The number of hydrogen-bond donors (Lipinski definition) is 6. The van der Waals surface area contributed by atoms with Crippen LogP contribution >= 0.6 is 0 Å². The summed E-state index contributed by atoms with van der Waals surface area (Å²) in [5, 5.41) is 54.7. The molecule has 0 aliphatic heterocycles. The maximum Gasteiger partial charge on any atom is 0.255 e. The molecule has 0 unspecified atom stereocenters. The van der Waals surface area contributed by atoms with E-state index in [-0.39, 0.29) is 36.2 Å². The van der Waals surface area contributed by atoms with Crippen LogP contribution in [-0.2, 0) is 37.0 Å². The first-order valence-corrected chi connectivity index (χ1v) is 31.7. The number of carbonyl (C=O) groups excluding carboxylic acids is 2. The normalized spacial score (nSPS) is 13.8. The number of hydrogen-bond acceptors (Lipinski definition) is 14. The van der Waals surface area contributed by atoms with Crippen LogP contribution in [0.5, 0.6) is 0 Å². The van der Waals surface area contributed by atoms with Crippen molar-refractivity contribution in [3.63, 3.8) is 0 Å². The Labute approximate surface area is 428 Å². The number of halogens is 2. The molecule has 0 spiro atoms. The van der Waals surface area contributed by atoms with Gasteiger partial charge in [0, 0.05) is 66.6 Å². The summed E-state index contributed by atoms with van der Waals surface area (Å²) < 4.78 is 46.0. The van der Waals surface area contributed by atoms with Crippen molar-refractivity contribution in [1.29, 1.82) is 0 Å². The summed E-state index contributed by atoms with van der Waals surface area (Å²) in [6.45, 7) is 17.3. The molecule has 2 amide bonds. The first-order chi connectivity index (χ1) is 35.0. The minimum absolute atomic E-state index is 0.188. The number of aliphatic hydroxyl groups is 4. The van der Waals surface area contributed by atoms with Gasteiger partial charge in [-0.25, -0.2) is 28.7 Å². The molecule has 4 atom stereocenters. The Balaban J connectivity index is 0.000000216. The second kappa shape index (κ2) is 23.0. The van der Waals surface area contributed by atoms with Gasteiger partial charge in [0.05, 0.1) is 72.1 Å². The number of amides is 2. The smallest absolute Gasteiger partial charge is 0.255 e. The SMILES string of the molecule is C[C@@H](O)[C@@H](CO)NC(=O)c1cn(COCC[Si](C)(C)C)c2ncc(-c3nn(C)c4cc(F)ccc34)nc12.C[C@@H](O)[C@@H](CO)NC(=O)c1cn(COCC[Si](C)(C)C)c2ncc(-c3nn(C)c4cc(F)ccc34)nc12. The third kappa shape index (κ3) is 12.9. The van der Waals surface area contributed by atoms with Gasteiger partial charge < -0.3 is 49.7 Å². The fourth-order valence-corrected chi connectivity index (χ4v) is 9.43. The van der Waals surface area contributed by atoms with Crippen molar-refractivity contribution in [1.82, 2.24) is 59.3 Å². The lowest BCUT2D eigenvalue weighted by atomic mass is 10.1. The number of fused-ring (bicyclic) bond motifs is 4. The zero-order valence-corrected chi connectivity index (χ0v) is 45.4. The summed E-state index contributed by atoms with van der Waals surface area (Å²) in [6, 6.07) is 9.09. The maximum absolute atomic E-state index is 13.8. The van der Waals surface area contributed by atoms with Crippen molar-refractivity contribution in [3.8, 4) is 22.8 Å². The topological polar surface area (TPSA) is 255 Å². The third-order valence-electron chi connectivity index (χ3n) is 12.4. The summed E-state index contributed by atoms with van der Waals surface area (Å²) in [4.78, 5) is 45.0. The average molecular weight is 1060 g/mol. The number of aryl methyl sites for hydroxylation is 2. The Hall–Kier alpha value is -6.39. The maximum atomic E-state index is 13.8. The minimum atomic E-state index is -1.27. The van der Waals surface area contributed by atoms with E-state index in [1.54, 1.807) is 69.5 Å². The molecule has 74 heavy (non-hydrogen) atoms. The van der Waals surface area contributed by atoms with Crippen molar-refractivity contribution >= 4 is 72.1 Å². The molecule has 396 valence electrons. The lowest BCUT2D eigenvalue weighted by Crippen LogP contribution is -2.44. The summed E-state index contributed by atoms with van der Waals surface area (Å²) >= 11 is 0. The summed E-state index contributed by atoms with van der Waals surface area (Å²) in [7, 11) is 0.895. The standard InChI is InChI=1S/2C25H33FN6O4Si/c2*1-15(34)20(13-33)29-25(35)18-12-32(14-36-8-9-37(3,4)5)24-23(18)28-19(11-27-24)22-17-7-6-16(26)10-21(17)31(2)30-22/h2*6-7,10-12,15,20,33-34H,8-9,13-14H2,1-5H3,(H,29,35)/t2*15-,20-/m11/s1. The van der Waals surface area contributed by atoms with E-state index in [0.29, 0.717) is 80.1 Å². The van der Waals surface area contributed by atoms with Crippen molar-refractivity contribution in [2.24, 2.45) is 14.1 Å². The molecule has 8 aromatic rings. The number of benzene rings is 2. The number of ether oxygens (including phenoxy) is 2. The van der Waals surface area contributed by atoms with E-state index in [4.69, 9.17) is 19.4 Å². The molecule has 0 bridgehead atoms. The van der Waals surface area contributed by atoms with Gasteiger partial charge in [0.25, 0.3) is 11.8 Å². The molecule has 20 nitrogen and oxygen atoms in total. The van der Waals surface area contributed by atoms with Crippen LogP contribution in [-0.4, -0.2) is 148 Å². The number of aliphatic hydroxyl groups excluding tert-OH is 4. The van der Waals surface area contributed by atoms with Gasteiger partial charge in [0.1, 0.15) is 58.9 Å². The van der Waals surface area contributed by atoms with Crippen LogP contribution < -0.4 is 10.6 Å². The van der Waals surface area contributed by atoms with Gasteiger partial charge >= 0.3 is 0 Å². The number of nitrogens with zero attached hydrogens (tertiary/aromatic N) is 10. The van der Waals surface area contributed by atoms with E-state index in [1.165, 1.54) is 38.1 Å². The predicted octanol–water partition coefficient (Wildman–Crippen LogP) is 5.82. The monoisotopic (exact) mass is 1060 g/mol. The van der Waals surface area contributed by atoms with Gasteiger partial charge in [0.2, 0.25) is 0 Å². The van der Waals surface area contributed by atoms with Crippen molar-refractivity contribution in [2.75, 3.05) is 26.4 Å². The molecule has 24 heteroatoms. The average Bonchev–Trinajstić information content (AvgIpc) is 4.09. The van der Waals surface area contributed by atoms with Gasteiger partial charge in [0.15, 0.2) is 11.3 Å². The Morgan fingerprint density at radius 2 is 1.03 bits per heavy atom. The van der Waals surface area contributed by atoms with E-state index < -0.39 is 65.5 Å². The molecule has 0 saturated heterocycles. The Morgan fingerprint density at radius 3 is 1.36 bits per heavy atom. The van der Waals surface area contributed by atoms with Crippen molar-refractivity contribution in [2.45, 2.75) is 103 Å². The number of nitrogens with one attached hydrogen (secondary N) is 2. The quantitative estimate of drug-likeness (QED) is 0.0389. The summed E-state index contributed by atoms with van der Waals surface area (Å²) in [5.41, 5.74) is 5.07. The molecule has 0 radical (unpaired) electrons. The summed E-state index contributed by atoms with van der Waals surface area (Å²) in [6.07, 6.45) is 4.46. The second-order valence-corrected chi connectivity index (χ2v) is 32.1. The number of aromatic nitrogens is 10. The van der Waals surface area contributed by atoms with Crippen LogP contribution in [0.3, 0.4) is 0 Å². The van der Waals surface area contributed by atoms with E-state index in [1.807, 2.05) is 0 Å². The van der Waals surface area contributed by atoms with Gasteiger partial charge in [-0.15, -0.1) is 0 Å². The first-order valence-electron chi connectivity index (χ1n) is 24.3. The largest absolute Gasteiger partial charge is 0.394 e. The van der Waals surface area contributed by atoms with Crippen LogP contribution in [0.4, 0.5) is 8.78 Å². The summed E-state index contributed by atoms with van der Waals surface area (Å²) in [5.74, 6) is -1.76. The highest BCUT2D eigenvalue weighted by Gasteiger charge is 2.27. The van der Waals surface area contributed by atoms with E-state index >= 15 is 0 Å². The Bertz CT molecular complexity index is 3070. The molecule has 6 heterocycles. The molecule has 2 aromatic carbocycles. The fourth-order valence-electron chi connectivity index (χ4n) is 7.91. The van der Waals surface area contributed by atoms with Gasteiger partial charge in [-0.1, -0.05) is 39.3 Å². The molecule has 6 N–H and O–H groups in total. The molecule has 0 aliphatic carbocycles. The molecule has 0 aliphatic rings. The Morgan fingerprint density at radius 1 is 0.649 bits per heavy atom.